The fourth-order valence-electron chi connectivity index (χ4n) is 3.32. The predicted molar refractivity (Wildman–Crippen MR) is 76.4 cm³/mol. The second-order valence-corrected chi connectivity index (χ2v) is 6.14. The van der Waals surface area contributed by atoms with Crippen molar-refractivity contribution in [3.8, 4) is 0 Å². The summed E-state index contributed by atoms with van der Waals surface area (Å²) in [5, 5.41) is 9.07. The molecule has 2 aliphatic rings. The van der Waals surface area contributed by atoms with Crippen LogP contribution in [0.25, 0.3) is 0 Å². The summed E-state index contributed by atoms with van der Waals surface area (Å²) in [7, 11) is 0. The third kappa shape index (κ3) is 3.95. The van der Waals surface area contributed by atoms with Crippen LogP contribution in [0.2, 0.25) is 0 Å². The summed E-state index contributed by atoms with van der Waals surface area (Å²) in [5.74, 6) is 0.0669. The van der Waals surface area contributed by atoms with E-state index in [-0.39, 0.29) is 5.91 Å². The number of hydrogen-bond acceptors (Lipinski definition) is 3. The Morgan fingerprint density at radius 1 is 1.10 bits per heavy atom. The normalized spacial score (nSPS) is 23.6. The van der Waals surface area contributed by atoms with E-state index in [4.69, 9.17) is 5.11 Å². The van der Waals surface area contributed by atoms with Crippen molar-refractivity contribution >= 4 is 11.9 Å². The zero-order chi connectivity index (χ0) is 14.5. The van der Waals surface area contributed by atoms with Gasteiger partial charge in [-0.25, -0.2) is 0 Å². The number of carbonyl (C=O) groups is 2. The molecule has 1 atom stereocenters. The van der Waals surface area contributed by atoms with E-state index in [0.29, 0.717) is 25.4 Å². The van der Waals surface area contributed by atoms with Crippen molar-refractivity contribution in [1.29, 1.82) is 0 Å². The second kappa shape index (κ2) is 7.07. The molecule has 0 aromatic carbocycles. The zero-order valence-electron chi connectivity index (χ0n) is 12.4. The Hall–Kier alpha value is -1.10. The van der Waals surface area contributed by atoms with Gasteiger partial charge in [0.25, 0.3) is 0 Å². The molecule has 2 rings (SSSR count). The van der Waals surface area contributed by atoms with Crippen LogP contribution in [0.5, 0.6) is 0 Å². The van der Waals surface area contributed by atoms with Gasteiger partial charge in [0.2, 0.25) is 5.91 Å². The molecule has 0 radical (unpaired) electrons. The van der Waals surface area contributed by atoms with Crippen LogP contribution < -0.4 is 0 Å². The molecule has 0 spiro atoms. The molecule has 20 heavy (non-hydrogen) atoms. The summed E-state index contributed by atoms with van der Waals surface area (Å²) < 4.78 is 0. The van der Waals surface area contributed by atoms with Gasteiger partial charge in [-0.1, -0.05) is 12.8 Å². The Labute approximate surface area is 120 Å². The first-order valence-corrected chi connectivity index (χ1v) is 7.82. The van der Waals surface area contributed by atoms with Crippen LogP contribution in [0, 0.1) is 5.92 Å². The second-order valence-electron chi connectivity index (χ2n) is 6.14. The van der Waals surface area contributed by atoms with Crippen molar-refractivity contribution in [2.45, 2.75) is 51.5 Å². The summed E-state index contributed by atoms with van der Waals surface area (Å²) in [5.41, 5.74) is 0. The van der Waals surface area contributed by atoms with Crippen molar-refractivity contribution in [3.63, 3.8) is 0 Å². The van der Waals surface area contributed by atoms with E-state index in [2.05, 4.69) is 0 Å². The summed E-state index contributed by atoms with van der Waals surface area (Å²) >= 11 is 0. The third-order valence-electron chi connectivity index (χ3n) is 4.73. The summed E-state index contributed by atoms with van der Waals surface area (Å²) in [4.78, 5) is 27.2. The van der Waals surface area contributed by atoms with Crippen molar-refractivity contribution in [3.05, 3.63) is 0 Å². The molecule has 1 aliphatic heterocycles. The van der Waals surface area contributed by atoms with Gasteiger partial charge < -0.3 is 10.0 Å². The summed E-state index contributed by atoms with van der Waals surface area (Å²) in [6, 6.07) is -0.458. The molecule has 1 amide bonds. The lowest BCUT2D eigenvalue weighted by molar-refractivity contribution is -0.142. The van der Waals surface area contributed by atoms with Crippen molar-refractivity contribution < 1.29 is 14.7 Å². The van der Waals surface area contributed by atoms with E-state index in [0.717, 1.165) is 19.5 Å². The Bertz CT molecular complexity index is 353. The maximum Gasteiger partial charge on any atom is 0.320 e. The highest BCUT2D eigenvalue weighted by Crippen LogP contribution is 2.28. The van der Waals surface area contributed by atoms with Crippen LogP contribution in [-0.2, 0) is 9.59 Å². The third-order valence-corrected chi connectivity index (χ3v) is 4.73. The largest absolute Gasteiger partial charge is 0.480 e. The van der Waals surface area contributed by atoms with Crippen LogP contribution in [-0.4, -0.2) is 59.0 Å². The summed E-state index contributed by atoms with van der Waals surface area (Å²) in [6.07, 6.45) is 6.48. The van der Waals surface area contributed by atoms with Gasteiger partial charge in [-0.2, -0.15) is 0 Å². The number of rotatable bonds is 4. The molecule has 1 saturated carbocycles. The fourth-order valence-corrected chi connectivity index (χ4v) is 3.32. The highest BCUT2D eigenvalue weighted by atomic mass is 16.4. The number of hydrogen-bond donors (Lipinski definition) is 1. The molecule has 5 nitrogen and oxygen atoms in total. The Morgan fingerprint density at radius 3 is 2.45 bits per heavy atom. The molecule has 0 aromatic heterocycles. The quantitative estimate of drug-likeness (QED) is 0.850. The van der Waals surface area contributed by atoms with E-state index < -0.39 is 12.0 Å². The van der Waals surface area contributed by atoms with E-state index in [9.17, 15) is 9.59 Å². The number of carboxylic acid groups (broad SMARTS) is 1. The highest BCUT2D eigenvalue weighted by molar-refractivity contribution is 5.76. The lowest BCUT2D eigenvalue weighted by Gasteiger charge is -2.25. The average Bonchev–Trinajstić information content (AvgIpc) is 2.79. The Morgan fingerprint density at radius 2 is 1.80 bits per heavy atom. The number of amides is 1. The van der Waals surface area contributed by atoms with Crippen molar-refractivity contribution in [2.24, 2.45) is 5.92 Å². The molecule has 0 aromatic rings. The molecule has 1 heterocycles. The molecule has 1 aliphatic carbocycles. The molecule has 1 saturated heterocycles. The first kappa shape index (κ1) is 15.3. The van der Waals surface area contributed by atoms with Gasteiger partial charge in [0.15, 0.2) is 0 Å². The zero-order valence-corrected chi connectivity index (χ0v) is 12.4. The maximum absolute atomic E-state index is 12.3. The van der Waals surface area contributed by atoms with E-state index in [1.165, 1.54) is 25.7 Å². The minimum Gasteiger partial charge on any atom is -0.480 e. The average molecular weight is 282 g/mol. The predicted octanol–water partition coefficient (Wildman–Crippen LogP) is 1.57. The molecule has 2 fully saturated rings. The number of nitrogens with zero attached hydrogens (tertiary/aromatic N) is 2. The molecule has 114 valence electrons. The maximum atomic E-state index is 12.3. The van der Waals surface area contributed by atoms with E-state index in [1.807, 2.05) is 9.80 Å². The van der Waals surface area contributed by atoms with Gasteiger partial charge in [-0.05, 0) is 32.1 Å². The monoisotopic (exact) mass is 282 g/mol. The van der Waals surface area contributed by atoms with Gasteiger partial charge in [0, 0.05) is 32.6 Å². The lowest BCUT2D eigenvalue weighted by atomic mass is 10.0. The molecule has 1 unspecified atom stereocenters. The number of carboxylic acids is 1. The van der Waals surface area contributed by atoms with Crippen LogP contribution in [0.1, 0.15) is 45.4 Å². The first-order chi connectivity index (χ1) is 9.58. The number of carbonyl (C=O) groups excluding carboxylic acids is 1. The molecular formula is C15H26N2O3. The molecule has 0 bridgehead atoms. The minimum absolute atomic E-state index is 0.265. The van der Waals surface area contributed by atoms with Crippen LogP contribution in [0.15, 0.2) is 0 Å². The van der Waals surface area contributed by atoms with Crippen LogP contribution in [0.3, 0.4) is 0 Å². The van der Waals surface area contributed by atoms with Gasteiger partial charge in [-0.3, -0.25) is 14.5 Å². The summed E-state index contributed by atoms with van der Waals surface area (Å²) in [6.45, 7) is 4.60. The Kier molecular flexibility index (Phi) is 5.40. The highest BCUT2D eigenvalue weighted by Gasteiger charge is 2.27. The van der Waals surface area contributed by atoms with Gasteiger partial charge in [0.1, 0.15) is 6.04 Å². The van der Waals surface area contributed by atoms with E-state index >= 15 is 0 Å². The van der Waals surface area contributed by atoms with Gasteiger partial charge in [0.05, 0.1) is 0 Å². The molecular weight excluding hydrogens is 256 g/mol. The smallest absolute Gasteiger partial charge is 0.320 e. The minimum atomic E-state index is -0.782. The standard InChI is InChI=1S/C15H26N2O3/c1-12(15(19)20)16-7-4-8-17(10-9-16)14(18)11-13-5-2-3-6-13/h12-13H,2-11H2,1H3,(H,19,20). The lowest BCUT2D eigenvalue weighted by Crippen LogP contribution is -2.42. The van der Waals surface area contributed by atoms with Crippen LogP contribution >= 0.6 is 0 Å². The number of aliphatic carboxylic acids is 1. The molecule has 5 heteroatoms. The molecule has 1 N–H and O–H groups in total. The van der Waals surface area contributed by atoms with Crippen LogP contribution in [0.4, 0.5) is 0 Å². The fraction of sp³-hybridized carbons (Fsp3) is 0.867. The van der Waals surface area contributed by atoms with Gasteiger partial charge >= 0.3 is 5.97 Å². The topological polar surface area (TPSA) is 60.9 Å². The van der Waals surface area contributed by atoms with E-state index in [1.54, 1.807) is 6.92 Å². The first-order valence-electron chi connectivity index (χ1n) is 7.82. The van der Waals surface area contributed by atoms with Crippen molar-refractivity contribution in [2.75, 3.05) is 26.2 Å². The van der Waals surface area contributed by atoms with Gasteiger partial charge in [-0.15, -0.1) is 0 Å². The SMILES string of the molecule is CC(C(=O)O)N1CCCN(C(=O)CC2CCCC2)CC1. The Balaban J connectivity index is 1.82. The van der Waals surface area contributed by atoms with Crippen molar-refractivity contribution in [1.82, 2.24) is 9.80 Å².